The fourth-order valence-corrected chi connectivity index (χ4v) is 3.90. The standard InChI is InChI=1S/C28H24N4O/c1-20-21(19-29-22-11-5-2-6-12-22)17-25-26(33)18-27(31-23-13-7-3-8-14-23)32(28(25)30-20)24-15-9-4-10-16-24/h2-18,29,31H,19H2,1H3. The molecule has 5 nitrogen and oxygen atoms in total. The van der Waals surface area contributed by atoms with Crippen molar-refractivity contribution < 1.29 is 0 Å². The molecule has 0 bridgehead atoms. The Morgan fingerprint density at radius 3 is 2.06 bits per heavy atom. The lowest BCUT2D eigenvalue weighted by Gasteiger charge is -2.19. The summed E-state index contributed by atoms with van der Waals surface area (Å²) in [4.78, 5) is 18.1. The molecule has 0 aliphatic rings. The summed E-state index contributed by atoms with van der Waals surface area (Å²) in [6.07, 6.45) is 0. The van der Waals surface area contributed by atoms with Crippen LogP contribution >= 0.6 is 0 Å². The predicted octanol–water partition coefficient (Wildman–Crippen LogP) is 6.05. The van der Waals surface area contributed by atoms with Gasteiger partial charge in [-0.3, -0.25) is 9.36 Å². The number of aryl methyl sites for hydroxylation is 1. The van der Waals surface area contributed by atoms with E-state index >= 15 is 0 Å². The van der Waals surface area contributed by atoms with Crippen LogP contribution in [0.15, 0.2) is 108 Å². The molecule has 0 saturated carbocycles. The Balaban J connectivity index is 1.64. The lowest BCUT2D eigenvalue weighted by atomic mass is 10.1. The topological polar surface area (TPSA) is 59.0 Å². The van der Waals surface area contributed by atoms with E-state index in [9.17, 15) is 4.79 Å². The van der Waals surface area contributed by atoms with Gasteiger partial charge in [0.2, 0.25) is 0 Å². The normalized spacial score (nSPS) is 10.8. The van der Waals surface area contributed by atoms with Gasteiger partial charge in [-0.05, 0) is 55.0 Å². The van der Waals surface area contributed by atoms with Gasteiger partial charge in [-0.25, -0.2) is 4.98 Å². The van der Waals surface area contributed by atoms with Crippen molar-refractivity contribution in [2.45, 2.75) is 13.5 Å². The van der Waals surface area contributed by atoms with Crippen molar-refractivity contribution in [1.82, 2.24) is 9.55 Å². The predicted molar refractivity (Wildman–Crippen MR) is 136 cm³/mol. The number of nitrogens with zero attached hydrogens (tertiary/aromatic N) is 2. The third-order valence-corrected chi connectivity index (χ3v) is 5.60. The Labute approximate surface area is 192 Å². The Morgan fingerprint density at radius 1 is 0.788 bits per heavy atom. The second-order valence-corrected chi connectivity index (χ2v) is 7.88. The minimum Gasteiger partial charge on any atom is -0.381 e. The highest BCUT2D eigenvalue weighted by Crippen LogP contribution is 2.25. The molecule has 0 saturated heterocycles. The van der Waals surface area contributed by atoms with Crippen LogP contribution in [0.4, 0.5) is 17.2 Å². The fraction of sp³-hybridized carbons (Fsp3) is 0.0714. The summed E-state index contributed by atoms with van der Waals surface area (Å²) in [6.45, 7) is 2.58. The lowest BCUT2D eigenvalue weighted by Crippen LogP contribution is -2.15. The molecule has 0 radical (unpaired) electrons. The summed E-state index contributed by atoms with van der Waals surface area (Å²) in [5.41, 5.74) is 5.31. The van der Waals surface area contributed by atoms with Crippen molar-refractivity contribution in [1.29, 1.82) is 0 Å². The van der Waals surface area contributed by atoms with Crippen LogP contribution in [0.25, 0.3) is 16.7 Å². The minimum atomic E-state index is -0.0657. The number of benzene rings is 3. The van der Waals surface area contributed by atoms with Gasteiger partial charge < -0.3 is 10.6 Å². The second kappa shape index (κ2) is 9.01. The number of anilines is 3. The first-order chi connectivity index (χ1) is 16.2. The molecule has 5 aromatic rings. The highest BCUT2D eigenvalue weighted by Gasteiger charge is 2.15. The number of aromatic nitrogens is 2. The molecule has 5 heteroatoms. The number of fused-ring (bicyclic) bond motifs is 1. The van der Waals surface area contributed by atoms with E-state index in [0.29, 0.717) is 23.4 Å². The van der Waals surface area contributed by atoms with Crippen molar-refractivity contribution in [3.8, 4) is 5.69 Å². The third kappa shape index (κ3) is 4.34. The third-order valence-electron chi connectivity index (χ3n) is 5.60. The Morgan fingerprint density at radius 2 is 1.39 bits per heavy atom. The van der Waals surface area contributed by atoms with Gasteiger partial charge in [-0.1, -0.05) is 54.6 Å². The fourth-order valence-electron chi connectivity index (χ4n) is 3.90. The van der Waals surface area contributed by atoms with Crippen LogP contribution in [0.1, 0.15) is 11.3 Å². The first kappa shape index (κ1) is 20.5. The van der Waals surface area contributed by atoms with E-state index in [1.54, 1.807) is 6.07 Å². The minimum absolute atomic E-state index is 0.0657. The zero-order valence-electron chi connectivity index (χ0n) is 18.3. The maximum atomic E-state index is 13.2. The summed E-state index contributed by atoms with van der Waals surface area (Å²) in [6, 6.07) is 33.4. The van der Waals surface area contributed by atoms with E-state index in [2.05, 4.69) is 10.6 Å². The number of hydrogen-bond donors (Lipinski definition) is 2. The first-order valence-electron chi connectivity index (χ1n) is 10.9. The quantitative estimate of drug-likeness (QED) is 0.343. The second-order valence-electron chi connectivity index (χ2n) is 7.88. The highest BCUT2D eigenvalue weighted by molar-refractivity contribution is 5.82. The van der Waals surface area contributed by atoms with Gasteiger partial charge in [0.05, 0.1) is 5.39 Å². The van der Waals surface area contributed by atoms with Gasteiger partial charge in [0.1, 0.15) is 11.5 Å². The summed E-state index contributed by atoms with van der Waals surface area (Å²) < 4.78 is 2.01. The summed E-state index contributed by atoms with van der Waals surface area (Å²) >= 11 is 0. The van der Waals surface area contributed by atoms with Crippen LogP contribution in [0.2, 0.25) is 0 Å². The number of pyridine rings is 2. The van der Waals surface area contributed by atoms with Gasteiger partial charge in [0.15, 0.2) is 5.43 Å². The highest BCUT2D eigenvalue weighted by atomic mass is 16.1. The van der Waals surface area contributed by atoms with E-state index < -0.39 is 0 Å². The van der Waals surface area contributed by atoms with Crippen molar-refractivity contribution in [3.63, 3.8) is 0 Å². The molecule has 0 spiro atoms. The summed E-state index contributed by atoms with van der Waals surface area (Å²) in [5, 5.41) is 7.40. The number of rotatable bonds is 6. The molecule has 33 heavy (non-hydrogen) atoms. The average Bonchev–Trinajstić information content (AvgIpc) is 2.85. The molecule has 0 aliphatic heterocycles. The number of para-hydroxylation sites is 3. The summed E-state index contributed by atoms with van der Waals surface area (Å²) in [7, 11) is 0. The van der Waals surface area contributed by atoms with E-state index in [0.717, 1.165) is 28.3 Å². The number of nitrogens with one attached hydrogen (secondary N) is 2. The lowest BCUT2D eigenvalue weighted by molar-refractivity contribution is 1.02. The van der Waals surface area contributed by atoms with Crippen LogP contribution in [0.3, 0.4) is 0 Å². The zero-order valence-corrected chi connectivity index (χ0v) is 18.3. The Bertz CT molecular complexity index is 1450. The molecule has 2 heterocycles. The van der Waals surface area contributed by atoms with E-state index in [1.165, 1.54) is 0 Å². The summed E-state index contributed by atoms with van der Waals surface area (Å²) in [5.74, 6) is 0.673. The molecule has 0 fully saturated rings. The molecule has 0 amide bonds. The molecular formula is C28H24N4O. The van der Waals surface area contributed by atoms with E-state index in [1.807, 2.05) is 109 Å². The molecule has 3 aromatic carbocycles. The largest absolute Gasteiger partial charge is 0.381 e. The number of hydrogen-bond acceptors (Lipinski definition) is 4. The van der Waals surface area contributed by atoms with E-state index in [-0.39, 0.29) is 5.43 Å². The van der Waals surface area contributed by atoms with Gasteiger partial charge in [0, 0.05) is 35.4 Å². The maximum absolute atomic E-state index is 13.2. The van der Waals surface area contributed by atoms with Crippen LogP contribution < -0.4 is 16.1 Å². The molecule has 0 atom stereocenters. The van der Waals surface area contributed by atoms with Gasteiger partial charge in [0.25, 0.3) is 0 Å². The molecule has 0 unspecified atom stereocenters. The smallest absolute Gasteiger partial charge is 0.193 e. The van der Waals surface area contributed by atoms with Crippen molar-refractivity contribution in [3.05, 3.63) is 125 Å². The zero-order chi connectivity index (χ0) is 22.6. The SMILES string of the molecule is Cc1nc2c(cc1CNc1ccccc1)c(=O)cc(Nc1ccccc1)n2-c1ccccc1. The monoisotopic (exact) mass is 432 g/mol. The van der Waals surface area contributed by atoms with Crippen LogP contribution in [-0.2, 0) is 6.54 Å². The average molecular weight is 433 g/mol. The van der Waals surface area contributed by atoms with Gasteiger partial charge >= 0.3 is 0 Å². The Kier molecular flexibility index (Phi) is 5.60. The molecule has 2 aromatic heterocycles. The van der Waals surface area contributed by atoms with Crippen LogP contribution in [-0.4, -0.2) is 9.55 Å². The first-order valence-corrected chi connectivity index (χ1v) is 10.9. The van der Waals surface area contributed by atoms with Crippen molar-refractivity contribution in [2.75, 3.05) is 10.6 Å². The molecular weight excluding hydrogens is 408 g/mol. The van der Waals surface area contributed by atoms with Crippen LogP contribution in [0, 0.1) is 6.92 Å². The Hall–Kier alpha value is -4.38. The molecule has 0 aliphatic carbocycles. The molecule has 162 valence electrons. The van der Waals surface area contributed by atoms with Crippen LogP contribution in [0.5, 0.6) is 0 Å². The molecule has 5 rings (SSSR count). The van der Waals surface area contributed by atoms with Crippen molar-refractivity contribution in [2.24, 2.45) is 0 Å². The maximum Gasteiger partial charge on any atom is 0.193 e. The van der Waals surface area contributed by atoms with Gasteiger partial charge in [-0.2, -0.15) is 0 Å². The van der Waals surface area contributed by atoms with Gasteiger partial charge in [-0.15, -0.1) is 0 Å². The molecule has 2 N–H and O–H groups in total. The van der Waals surface area contributed by atoms with E-state index in [4.69, 9.17) is 4.98 Å². The van der Waals surface area contributed by atoms with Crippen molar-refractivity contribution >= 4 is 28.2 Å².